The van der Waals surface area contributed by atoms with E-state index in [1.807, 2.05) is 0 Å². The summed E-state index contributed by atoms with van der Waals surface area (Å²) in [4.78, 5) is 51.7. The molecule has 2 aromatic carbocycles. The summed E-state index contributed by atoms with van der Waals surface area (Å²) in [6.07, 6.45) is -0.858. The van der Waals surface area contributed by atoms with Gasteiger partial charge in [0.2, 0.25) is 13.5 Å². The topological polar surface area (TPSA) is 203 Å². The van der Waals surface area contributed by atoms with Crippen molar-refractivity contribution in [2.75, 3.05) is 26.4 Å². The zero-order chi connectivity index (χ0) is 44.9. The Morgan fingerprint density at radius 1 is 0.738 bits per heavy atom. The summed E-state index contributed by atoms with van der Waals surface area (Å²) >= 11 is 34.2. The third-order valence-electron chi connectivity index (χ3n) is 8.41. The number of alkyl halides is 6. The third kappa shape index (κ3) is 22.0. The van der Waals surface area contributed by atoms with E-state index in [9.17, 15) is 28.8 Å². The molecule has 1 heterocycles. The number of halogens is 6. The standard InChI is InChI=1S/C38H49Cl6N2O14P/c1-2-3-4-5-6-7-8-9-16-21-29(47)45-22-30(48)57-33-31(46-35(50)54-24-37(39,40)41)34(49)56-28(23-53-36(51)55-25-38(42,43)44)32(33)60-61(52,58-26-17-12-10-13-18-26)59-27-19-14-11-15-20-27/h10-15,17-20,28,31-34,49H,2-9,16,21-25H2,1H3,(H,45,47)(H,46,50)/t28-,31-,32-,33-,34+/m1/s1. The fraction of sp³-hybridized carbons (Fsp3) is 0.579. The van der Waals surface area contributed by atoms with Crippen molar-refractivity contribution in [2.45, 2.75) is 109 Å². The number of para-hydroxylation sites is 2. The van der Waals surface area contributed by atoms with Crippen LogP contribution >= 0.6 is 77.4 Å². The van der Waals surface area contributed by atoms with E-state index in [-0.39, 0.29) is 17.9 Å². The van der Waals surface area contributed by atoms with Crippen molar-refractivity contribution in [3.05, 3.63) is 60.7 Å². The molecule has 0 bridgehead atoms. The molecular formula is C38H49Cl6N2O14P. The number of carbonyl (C=O) groups is 4. The molecular weight excluding hydrogens is 952 g/mol. The van der Waals surface area contributed by atoms with Crippen LogP contribution < -0.4 is 19.7 Å². The number of aliphatic hydroxyl groups is 1. The number of alkyl carbamates (subject to hydrolysis) is 1. The first-order chi connectivity index (χ1) is 28.9. The number of ether oxygens (including phenoxy) is 5. The van der Waals surface area contributed by atoms with E-state index in [0.717, 1.165) is 25.7 Å². The monoisotopic (exact) mass is 998 g/mol. The van der Waals surface area contributed by atoms with Crippen LogP contribution in [0.3, 0.4) is 0 Å². The molecule has 3 N–H and O–H groups in total. The molecule has 0 aliphatic carbocycles. The van der Waals surface area contributed by atoms with Gasteiger partial charge in [0.05, 0.1) is 0 Å². The highest BCUT2D eigenvalue weighted by Gasteiger charge is 2.54. The fourth-order valence-electron chi connectivity index (χ4n) is 5.61. The third-order valence-corrected chi connectivity index (χ3v) is 10.4. The quantitative estimate of drug-likeness (QED) is 0.0295. The molecule has 16 nitrogen and oxygen atoms in total. The van der Waals surface area contributed by atoms with Gasteiger partial charge in [0.15, 0.2) is 12.4 Å². The molecule has 5 atom stereocenters. The lowest BCUT2D eigenvalue weighted by Gasteiger charge is -2.44. The molecule has 1 aliphatic heterocycles. The number of rotatable bonds is 24. The Bertz CT molecular complexity index is 1650. The minimum Gasteiger partial charge on any atom is -0.456 e. The second-order valence-electron chi connectivity index (χ2n) is 13.5. The number of phosphoric acid groups is 1. The molecule has 3 rings (SSSR count). The molecule has 61 heavy (non-hydrogen) atoms. The van der Waals surface area contributed by atoms with E-state index in [4.69, 9.17) is 107 Å². The number of amides is 2. The van der Waals surface area contributed by atoms with Crippen LogP contribution in [0.4, 0.5) is 9.59 Å². The Kier molecular flexibility index (Phi) is 23.2. The Morgan fingerprint density at radius 2 is 1.26 bits per heavy atom. The Balaban J connectivity index is 1.91. The smallest absolute Gasteiger partial charge is 0.456 e. The molecule has 0 spiro atoms. The van der Waals surface area contributed by atoms with Gasteiger partial charge in [0, 0.05) is 6.42 Å². The molecule has 1 aliphatic rings. The van der Waals surface area contributed by atoms with Crippen molar-refractivity contribution in [1.29, 1.82) is 0 Å². The van der Waals surface area contributed by atoms with Crippen LogP contribution in [0.1, 0.15) is 71.1 Å². The van der Waals surface area contributed by atoms with Gasteiger partial charge in [-0.3, -0.25) is 14.1 Å². The number of carbonyl (C=O) groups excluding carboxylic acids is 4. The summed E-state index contributed by atoms with van der Waals surface area (Å²) < 4.78 is 54.5. The lowest BCUT2D eigenvalue weighted by Crippen LogP contribution is -2.66. The summed E-state index contributed by atoms with van der Waals surface area (Å²) in [6, 6.07) is 13.5. The minimum atomic E-state index is -4.95. The molecule has 23 heteroatoms. The highest BCUT2D eigenvalue weighted by molar-refractivity contribution is 7.49. The van der Waals surface area contributed by atoms with Gasteiger partial charge in [0.25, 0.3) is 0 Å². The van der Waals surface area contributed by atoms with E-state index < -0.39 is 96.5 Å². The van der Waals surface area contributed by atoms with Crippen LogP contribution in [0.5, 0.6) is 11.5 Å². The van der Waals surface area contributed by atoms with Crippen LogP contribution in [-0.2, 0) is 42.4 Å². The van der Waals surface area contributed by atoms with E-state index in [2.05, 4.69) is 17.6 Å². The number of unbranched alkanes of at least 4 members (excludes halogenated alkanes) is 8. The predicted octanol–water partition coefficient (Wildman–Crippen LogP) is 9.29. The van der Waals surface area contributed by atoms with E-state index in [0.29, 0.717) is 6.42 Å². The van der Waals surface area contributed by atoms with Gasteiger partial charge in [-0.2, -0.15) is 0 Å². The van der Waals surface area contributed by atoms with Gasteiger partial charge in [-0.15, -0.1) is 0 Å². The van der Waals surface area contributed by atoms with E-state index >= 15 is 0 Å². The number of aliphatic hydroxyl groups excluding tert-OH is 1. The molecule has 1 saturated heterocycles. The minimum absolute atomic E-state index is 0.00481. The number of esters is 1. The van der Waals surface area contributed by atoms with Gasteiger partial charge in [-0.05, 0) is 30.7 Å². The van der Waals surface area contributed by atoms with Crippen molar-refractivity contribution in [3.63, 3.8) is 0 Å². The number of benzene rings is 2. The summed E-state index contributed by atoms with van der Waals surface area (Å²) in [5, 5.41) is 16.0. The molecule has 0 radical (unpaired) electrons. The van der Waals surface area contributed by atoms with Crippen molar-refractivity contribution in [1.82, 2.24) is 10.6 Å². The van der Waals surface area contributed by atoms with E-state index in [1.165, 1.54) is 49.9 Å². The van der Waals surface area contributed by atoms with Crippen LogP contribution in [0.25, 0.3) is 0 Å². The predicted molar refractivity (Wildman–Crippen MR) is 228 cm³/mol. The van der Waals surface area contributed by atoms with Gasteiger partial charge in [-0.1, -0.05) is 164 Å². The van der Waals surface area contributed by atoms with Crippen LogP contribution in [0, 0.1) is 0 Å². The normalized spacial score (nSPS) is 19.2. The van der Waals surface area contributed by atoms with Crippen molar-refractivity contribution < 1.29 is 66.1 Å². The molecule has 342 valence electrons. The van der Waals surface area contributed by atoms with E-state index in [1.54, 1.807) is 36.4 Å². The lowest BCUT2D eigenvalue weighted by atomic mass is 9.97. The lowest BCUT2D eigenvalue weighted by molar-refractivity contribution is -0.255. The van der Waals surface area contributed by atoms with Gasteiger partial charge in [0.1, 0.15) is 56.1 Å². The molecule has 0 aromatic heterocycles. The number of nitrogens with one attached hydrogen (secondary N) is 2. The molecule has 2 aromatic rings. The number of hydrogen-bond acceptors (Lipinski definition) is 14. The maximum atomic E-state index is 14.7. The molecule has 0 unspecified atom stereocenters. The first-order valence-electron chi connectivity index (χ1n) is 19.3. The van der Waals surface area contributed by atoms with Crippen molar-refractivity contribution >= 4 is 102 Å². The fourth-order valence-corrected chi connectivity index (χ4v) is 7.38. The van der Waals surface area contributed by atoms with Gasteiger partial charge < -0.3 is 48.5 Å². The van der Waals surface area contributed by atoms with Gasteiger partial charge >= 0.3 is 26.0 Å². The first kappa shape index (κ1) is 52.7. The zero-order valence-corrected chi connectivity index (χ0v) is 38.5. The summed E-state index contributed by atoms with van der Waals surface area (Å²) in [5.41, 5.74) is 0. The Morgan fingerprint density at radius 3 is 1.80 bits per heavy atom. The maximum absolute atomic E-state index is 14.7. The maximum Gasteiger partial charge on any atom is 0.588 e. The largest absolute Gasteiger partial charge is 0.588 e. The number of phosphoric ester groups is 1. The second kappa shape index (κ2) is 26.9. The Hall–Kier alpha value is -2.63. The van der Waals surface area contributed by atoms with Crippen LogP contribution in [0.15, 0.2) is 60.7 Å². The summed E-state index contributed by atoms with van der Waals surface area (Å²) in [5.74, 6) is -1.56. The van der Waals surface area contributed by atoms with Crippen molar-refractivity contribution in [2.24, 2.45) is 0 Å². The van der Waals surface area contributed by atoms with Crippen LogP contribution in [0.2, 0.25) is 0 Å². The van der Waals surface area contributed by atoms with Crippen molar-refractivity contribution in [3.8, 4) is 11.5 Å². The molecule has 2 amide bonds. The second-order valence-corrected chi connectivity index (χ2v) is 20.0. The molecule has 1 fully saturated rings. The highest BCUT2D eigenvalue weighted by Crippen LogP contribution is 2.52. The molecule has 0 saturated carbocycles. The summed E-state index contributed by atoms with van der Waals surface area (Å²) in [7, 11) is -4.95. The summed E-state index contributed by atoms with van der Waals surface area (Å²) in [6.45, 7) is -0.896. The van der Waals surface area contributed by atoms with Gasteiger partial charge in [-0.25, -0.2) is 14.2 Å². The number of hydrogen-bond donors (Lipinski definition) is 3. The first-order valence-corrected chi connectivity index (χ1v) is 23.0. The average molecular weight is 1000 g/mol. The Labute approximate surface area is 384 Å². The average Bonchev–Trinajstić information content (AvgIpc) is 3.19. The highest BCUT2D eigenvalue weighted by atomic mass is 35.6. The van der Waals surface area contributed by atoms with Crippen LogP contribution in [-0.4, -0.2) is 93.8 Å². The SMILES string of the molecule is CCCCCCCCCCCC(=O)NCC(=O)O[C@@H]1[C@@H](NC(=O)OCC(Cl)(Cl)Cl)[C@@H](O)O[C@H](COC(=O)OCC(Cl)(Cl)Cl)[C@H]1OP(=O)(Oc1ccccc1)Oc1ccccc1. The zero-order valence-electron chi connectivity index (χ0n) is 33.0.